The van der Waals surface area contributed by atoms with E-state index in [-0.39, 0.29) is 24.1 Å². The zero-order valence-corrected chi connectivity index (χ0v) is 12.7. The van der Waals surface area contributed by atoms with Gasteiger partial charge in [0.05, 0.1) is 12.3 Å². The fraction of sp³-hybridized carbons (Fsp3) is 0.412. The SMILES string of the molecule is C[C@@]1(CO)CCC[C@@H]1NC(=O)Nc1cccc2cnccc12. The van der Waals surface area contributed by atoms with E-state index in [4.69, 9.17) is 0 Å². The van der Waals surface area contributed by atoms with Crippen molar-refractivity contribution in [2.45, 2.75) is 32.2 Å². The summed E-state index contributed by atoms with van der Waals surface area (Å²) in [5.41, 5.74) is 0.543. The van der Waals surface area contributed by atoms with Gasteiger partial charge in [0.2, 0.25) is 0 Å². The highest BCUT2D eigenvalue weighted by atomic mass is 16.3. The third-order valence-corrected chi connectivity index (χ3v) is 4.68. The summed E-state index contributed by atoms with van der Waals surface area (Å²) in [6.45, 7) is 2.12. The van der Waals surface area contributed by atoms with Crippen LogP contribution in [0.5, 0.6) is 0 Å². The maximum absolute atomic E-state index is 12.3. The largest absolute Gasteiger partial charge is 0.396 e. The van der Waals surface area contributed by atoms with E-state index in [9.17, 15) is 9.90 Å². The van der Waals surface area contributed by atoms with E-state index in [2.05, 4.69) is 15.6 Å². The third-order valence-electron chi connectivity index (χ3n) is 4.68. The molecule has 5 heteroatoms. The van der Waals surface area contributed by atoms with Gasteiger partial charge in [-0.15, -0.1) is 0 Å². The molecule has 1 fully saturated rings. The van der Waals surface area contributed by atoms with Gasteiger partial charge >= 0.3 is 6.03 Å². The Bertz CT molecular complexity index is 683. The molecule has 1 aromatic carbocycles. The molecule has 116 valence electrons. The summed E-state index contributed by atoms with van der Waals surface area (Å²) in [6.07, 6.45) is 6.36. The van der Waals surface area contributed by atoms with Crippen molar-refractivity contribution in [2.24, 2.45) is 5.41 Å². The lowest BCUT2D eigenvalue weighted by molar-refractivity contribution is 0.122. The van der Waals surface area contributed by atoms with E-state index in [1.807, 2.05) is 31.2 Å². The van der Waals surface area contributed by atoms with Gasteiger partial charge in [0.1, 0.15) is 0 Å². The van der Waals surface area contributed by atoms with E-state index in [1.54, 1.807) is 12.4 Å². The number of nitrogens with one attached hydrogen (secondary N) is 2. The maximum atomic E-state index is 12.3. The van der Waals surface area contributed by atoms with Gasteiger partial charge in [0, 0.05) is 34.6 Å². The molecule has 1 aromatic heterocycles. The zero-order chi connectivity index (χ0) is 15.6. The number of rotatable bonds is 3. The molecule has 2 atom stereocenters. The van der Waals surface area contributed by atoms with Crippen molar-refractivity contribution < 1.29 is 9.90 Å². The average Bonchev–Trinajstić information content (AvgIpc) is 2.89. The summed E-state index contributed by atoms with van der Waals surface area (Å²) in [5.74, 6) is 0. The number of hydrogen-bond donors (Lipinski definition) is 3. The van der Waals surface area contributed by atoms with Crippen molar-refractivity contribution in [1.82, 2.24) is 10.3 Å². The fourth-order valence-corrected chi connectivity index (χ4v) is 3.22. The first-order chi connectivity index (χ1) is 10.6. The third kappa shape index (κ3) is 2.76. The molecule has 3 N–H and O–H groups in total. The lowest BCUT2D eigenvalue weighted by atomic mass is 9.86. The van der Waals surface area contributed by atoms with Crippen molar-refractivity contribution in [3.8, 4) is 0 Å². The molecule has 0 unspecified atom stereocenters. The number of urea groups is 1. The Balaban J connectivity index is 1.74. The van der Waals surface area contributed by atoms with Gasteiger partial charge in [-0.05, 0) is 25.0 Å². The van der Waals surface area contributed by atoms with Crippen molar-refractivity contribution in [3.05, 3.63) is 36.7 Å². The number of carbonyl (C=O) groups is 1. The second-order valence-corrected chi connectivity index (χ2v) is 6.26. The van der Waals surface area contributed by atoms with E-state index in [1.165, 1.54) is 0 Å². The van der Waals surface area contributed by atoms with E-state index in [0.29, 0.717) is 0 Å². The van der Waals surface area contributed by atoms with Crippen LogP contribution >= 0.6 is 0 Å². The van der Waals surface area contributed by atoms with Gasteiger partial charge < -0.3 is 15.7 Å². The van der Waals surface area contributed by atoms with Crippen molar-refractivity contribution in [1.29, 1.82) is 0 Å². The quantitative estimate of drug-likeness (QED) is 0.816. The predicted molar refractivity (Wildman–Crippen MR) is 86.7 cm³/mol. The first-order valence-electron chi connectivity index (χ1n) is 7.63. The highest BCUT2D eigenvalue weighted by molar-refractivity contribution is 6.01. The minimum absolute atomic E-state index is 0.00847. The predicted octanol–water partition coefficient (Wildman–Crippen LogP) is 2.91. The summed E-state index contributed by atoms with van der Waals surface area (Å²) < 4.78 is 0. The van der Waals surface area contributed by atoms with Gasteiger partial charge in [-0.3, -0.25) is 4.98 Å². The number of hydrogen-bond acceptors (Lipinski definition) is 3. The molecule has 0 aliphatic heterocycles. The van der Waals surface area contributed by atoms with Crippen molar-refractivity contribution in [2.75, 3.05) is 11.9 Å². The highest BCUT2D eigenvalue weighted by Gasteiger charge is 2.39. The molecule has 1 aliphatic carbocycles. The smallest absolute Gasteiger partial charge is 0.319 e. The average molecular weight is 299 g/mol. The van der Waals surface area contributed by atoms with Crippen LogP contribution in [0.4, 0.5) is 10.5 Å². The van der Waals surface area contributed by atoms with E-state index < -0.39 is 0 Å². The number of fused-ring (bicyclic) bond motifs is 1. The van der Waals surface area contributed by atoms with E-state index >= 15 is 0 Å². The molecule has 3 rings (SSSR count). The zero-order valence-electron chi connectivity index (χ0n) is 12.7. The summed E-state index contributed by atoms with van der Waals surface area (Å²) in [7, 11) is 0. The number of anilines is 1. The lowest BCUT2D eigenvalue weighted by Crippen LogP contribution is -2.46. The maximum Gasteiger partial charge on any atom is 0.319 e. The van der Waals surface area contributed by atoms with Crippen LogP contribution in [-0.2, 0) is 0 Å². The molecule has 0 radical (unpaired) electrons. The van der Waals surface area contributed by atoms with Crippen molar-refractivity contribution >= 4 is 22.5 Å². The van der Waals surface area contributed by atoms with Gasteiger partial charge in [0.15, 0.2) is 0 Å². The van der Waals surface area contributed by atoms with Crippen LogP contribution in [0.15, 0.2) is 36.7 Å². The molecular formula is C17H21N3O2. The summed E-state index contributed by atoms with van der Waals surface area (Å²) in [4.78, 5) is 16.4. The standard InChI is InChI=1S/C17H21N3O2/c1-17(11-21)8-3-6-15(17)20-16(22)19-14-5-2-4-12-10-18-9-7-13(12)14/h2,4-5,7,9-10,15,21H,3,6,8,11H2,1H3,(H2,19,20,22)/t15-,17-/m0/s1. The van der Waals surface area contributed by atoms with Gasteiger partial charge in [-0.2, -0.15) is 0 Å². The number of benzene rings is 1. The molecule has 0 spiro atoms. The minimum atomic E-state index is -0.226. The minimum Gasteiger partial charge on any atom is -0.396 e. The Hall–Kier alpha value is -2.14. The van der Waals surface area contributed by atoms with Crippen LogP contribution in [0.3, 0.4) is 0 Å². The molecule has 1 saturated carbocycles. The number of pyridine rings is 1. The number of aromatic nitrogens is 1. The topological polar surface area (TPSA) is 74.2 Å². The van der Waals surface area contributed by atoms with Crippen LogP contribution in [0.25, 0.3) is 10.8 Å². The molecule has 2 amide bonds. The molecule has 22 heavy (non-hydrogen) atoms. The first kappa shape index (κ1) is 14.8. The Morgan fingerprint density at radius 2 is 2.32 bits per heavy atom. The Labute approximate surface area is 129 Å². The van der Waals surface area contributed by atoms with Gasteiger partial charge in [-0.25, -0.2) is 4.79 Å². The van der Waals surface area contributed by atoms with Crippen LogP contribution in [-0.4, -0.2) is 28.8 Å². The lowest BCUT2D eigenvalue weighted by Gasteiger charge is -2.30. The molecule has 0 bridgehead atoms. The molecule has 5 nitrogen and oxygen atoms in total. The Morgan fingerprint density at radius 1 is 1.45 bits per heavy atom. The normalized spacial score (nSPS) is 24.4. The van der Waals surface area contributed by atoms with Gasteiger partial charge in [-0.1, -0.05) is 25.5 Å². The second-order valence-electron chi connectivity index (χ2n) is 6.26. The van der Waals surface area contributed by atoms with Crippen LogP contribution in [0, 0.1) is 5.41 Å². The van der Waals surface area contributed by atoms with Crippen LogP contribution in [0.2, 0.25) is 0 Å². The number of aliphatic hydroxyl groups is 1. The fourth-order valence-electron chi connectivity index (χ4n) is 3.22. The summed E-state index contributed by atoms with van der Waals surface area (Å²) >= 11 is 0. The first-order valence-corrected chi connectivity index (χ1v) is 7.63. The molecular weight excluding hydrogens is 278 g/mol. The second kappa shape index (κ2) is 5.93. The van der Waals surface area contributed by atoms with Crippen LogP contribution < -0.4 is 10.6 Å². The highest BCUT2D eigenvalue weighted by Crippen LogP contribution is 2.37. The monoisotopic (exact) mass is 299 g/mol. The van der Waals surface area contributed by atoms with E-state index in [0.717, 1.165) is 35.7 Å². The Morgan fingerprint density at radius 3 is 3.14 bits per heavy atom. The summed E-state index contributed by atoms with van der Waals surface area (Å²) in [6, 6.07) is 7.41. The molecule has 1 aliphatic rings. The number of amides is 2. The molecule has 0 saturated heterocycles. The number of nitrogens with zero attached hydrogens (tertiary/aromatic N) is 1. The number of aliphatic hydroxyl groups excluding tert-OH is 1. The molecule has 1 heterocycles. The summed E-state index contributed by atoms with van der Waals surface area (Å²) in [5, 5.41) is 17.4. The number of carbonyl (C=O) groups excluding carboxylic acids is 1. The molecule has 2 aromatic rings. The van der Waals surface area contributed by atoms with Gasteiger partial charge in [0.25, 0.3) is 0 Å². The van der Waals surface area contributed by atoms with Crippen molar-refractivity contribution in [3.63, 3.8) is 0 Å². The van der Waals surface area contributed by atoms with Crippen LogP contribution in [0.1, 0.15) is 26.2 Å². The Kier molecular flexibility index (Phi) is 3.98.